The molecule has 0 amide bonds. The SMILES string of the molecule is CC(C)c1cc(C(C)(c2ccccc2)c2cc(C(C)C)c(N)c(C(C)C)c2)cc(C(C)C)c1N. The van der Waals surface area contributed by atoms with E-state index in [1.165, 1.54) is 38.9 Å². The molecule has 2 nitrogen and oxygen atoms in total. The average Bonchev–Trinajstić information content (AvgIpc) is 2.78. The molecule has 0 spiro atoms. The van der Waals surface area contributed by atoms with Crippen LogP contribution in [0.3, 0.4) is 0 Å². The molecule has 0 fully saturated rings. The van der Waals surface area contributed by atoms with Crippen LogP contribution in [-0.4, -0.2) is 0 Å². The molecule has 0 aliphatic heterocycles. The molecule has 0 saturated carbocycles. The van der Waals surface area contributed by atoms with Crippen molar-refractivity contribution in [3.05, 3.63) is 93.5 Å². The molecule has 3 aromatic carbocycles. The molecule has 0 saturated heterocycles. The number of rotatable bonds is 7. The lowest BCUT2D eigenvalue weighted by atomic mass is 9.68. The van der Waals surface area contributed by atoms with Gasteiger partial charge in [-0.25, -0.2) is 0 Å². The molecule has 0 aliphatic rings. The van der Waals surface area contributed by atoms with E-state index in [4.69, 9.17) is 11.5 Å². The van der Waals surface area contributed by atoms with Crippen molar-refractivity contribution < 1.29 is 0 Å². The number of nitrogen functional groups attached to an aromatic ring is 2. The predicted octanol–water partition coefficient (Wildman–Crippen LogP) is 8.70. The fraction of sp³-hybridized carbons (Fsp3) is 0.438. The first kappa shape index (κ1) is 25.9. The minimum Gasteiger partial charge on any atom is -0.398 e. The van der Waals surface area contributed by atoms with E-state index in [1.54, 1.807) is 0 Å². The van der Waals surface area contributed by atoms with Gasteiger partial charge in [0.25, 0.3) is 0 Å². The molecular formula is C32H44N2. The van der Waals surface area contributed by atoms with Gasteiger partial charge in [-0.1, -0.05) is 110 Å². The maximum atomic E-state index is 6.71. The highest BCUT2D eigenvalue weighted by atomic mass is 14.6. The second kappa shape index (κ2) is 9.86. The molecule has 2 heteroatoms. The lowest BCUT2D eigenvalue weighted by Gasteiger charge is -2.35. The van der Waals surface area contributed by atoms with Crippen LogP contribution in [0, 0.1) is 0 Å². The zero-order valence-electron chi connectivity index (χ0n) is 22.7. The molecule has 0 atom stereocenters. The summed E-state index contributed by atoms with van der Waals surface area (Å²) < 4.78 is 0. The van der Waals surface area contributed by atoms with Crippen LogP contribution in [-0.2, 0) is 5.41 Å². The van der Waals surface area contributed by atoms with E-state index < -0.39 is 0 Å². The molecule has 0 aliphatic carbocycles. The lowest BCUT2D eigenvalue weighted by Crippen LogP contribution is -2.27. The van der Waals surface area contributed by atoms with Gasteiger partial charge in [0.1, 0.15) is 0 Å². The lowest BCUT2D eigenvalue weighted by molar-refractivity contribution is 0.678. The maximum absolute atomic E-state index is 6.71. The molecule has 0 unspecified atom stereocenters. The quantitative estimate of drug-likeness (QED) is 0.276. The van der Waals surface area contributed by atoms with Crippen molar-refractivity contribution in [3.63, 3.8) is 0 Å². The maximum Gasteiger partial charge on any atom is 0.0423 e. The van der Waals surface area contributed by atoms with E-state index in [0.29, 0.717) is 23.7 Å². The summed E-state index contributed by atoms with van der Waals surface area (Å²) in [6, 6.07) is 20.3. The molecule has 34 heavy (non-hydrogen) atoms. The van der Waals surface area contributed by atoms with Gasteiger partial charge >= 0.3 is 0 Å². The Hall–Kier alpha value is -2.74. The Morgan fingerprint density at radius 2 is 0.794 bits per heavy atom. The van der Waals surface area contributed by atoms with Gasteiger partial charge in [-0.15, -0.1) is 0 Å². The van der Waals surface area contributed by atoms with Crippen molar-refractivity contribution in [2.45, 2.75) is 91.4 Å². The smallest absolute Gasteiger partial charge is 0.0423 e. The Bertz CT molecular complexity index is 1010. The summed E-state index contributed by atoms with van der Waals surface area (Å²) in [6.07, 6.45) is 0. The average molecular weight is 457 g/mol. The summed E-state index contributed by atoms with van der Waals surface area (Å²) in [6.45, 7) is 20.2. The number of nitrogens with two attached hydrogens (primary N) is 2. The highest BCUT2D eigenvalue weighted by Gasteiger charge is 2.34. The molecule has 0 aromatic heterocycles. The van der Waals surface area contributed by atoms with Gasteiger partial charge in [0, 0.05) is 16.8 Å². The first-order chi connectivity index (χ1) is 15.9. The topological polar surface area (TPSA) is 52.0 Å². The Kier molecular flexibility index (Phi) is 7.50. The molecule has 4 N–H and O–H groups in total. The third kappa shape index (κ3) is 4.60. The van der Waals surface area contributed by atoms with Crippen molar-refractivity contribution in [1.82, 2.24) is 0 Å². The van der Waals surface area contributed by atoms with Crippen LogP contribution in [0.5, 0.6) is 0 Å². The van der Waals surface area contributed by atoms with Crippen molar-refractivity contribution in [3.8, 4) is 0 Å². The highest BCUT2D eigenvalue weighted by molar-refractivity contribution is 5.65. The van der Waals surface area contributed by atoms with Gasteiger partial charge < -0.3 is 11.5 Å². The zero-order valence-corrected chi connectivity index (χ0v) is 22.7. The third-order valence-corrected chi connectivity index (χ3v) is 7.48. The van der Waals surface area contributed by atoms with Crippen LogP contribution in [0.15, 0.2) is 54.6 Å². The monoisotopic (exact) mass is 456 g/mol. The molecular weight excluding hydrogens is 412 g/mol. The Labute approximate surface area is 207 Å². The van der Waals surface area contributed by atoms with E-state index in [1.807, 2.05) is 0 Å². The Balaban J connectivity index is 2.47. The zero-order chi connectivity index (χ0) is 25.4. The molecule has 182 valence electrons. The van der Waals surface area contributed by atoms with Gasteiger partial charge in [0.15, 0.2) is 0 Å². The van der Waals surface area contributed by atoms with Gasteiger partial charge in [0.2, 0.25) is 0 Å². The van der Waals surface area contributed by atoms with Crippen LogP contribution in [0.1, 0.15) is 125 Å². The second-order valence-electron chi connectivity index (χ2n) is 11.2. The van der Waals surface area contributed by atoms with E-state index in [2.05, 4.69) is 117 Å². The number of hydrogen-bond donors (Lipinski definition) is 2. The van der Waals surface area contributed by atoms with E-state index in [-0.39, 0.29) is 5.41 Å². The molecule has 3 rings (SSSR count). The van der Waals surface area contributed by atoms with E-state index in [9.17, 15) is 0 Å². The first-order valence-electron chi connectivity index (χ1n) is 12.8. The van der Waals surface area contributed by atoms with Crippen molar-refractivity contribution in [1.29, 1.82) is 0 Å². The fourth-order valence-electron chi connectivity index (χ4n) is 5.16. The van der Waals surface area contributed by atoms with Crippen LogP contribution in [0.25, 0.3) is 0 Å². The predicted molar refractivity (Wildman–Crippen MR) is 150 cm³/mol. The summed E-state index contributed by atoms with van der Waals surface area (Å²) in [5.74, 6) is 1.39. The summed E-state index contributed by atoms with van der Waals surface area (Å²) in [7, 11) is 0. The summed E-state index contributed by atoms with van der Waals surface area (Å²) in [5, 5.41) is 0. The van der Waals surface area contributed by atoms with Crippen LogP contribution >= 0.6 is 0 Å². The van der Waals surface area contributed by atoms with Gasteiger partial charge in [0.05, 0.1) is 0 Å². The second-order valence-corrected chi connectivity index (χ2v) is 11.2. The summed E-state index contributed by atoms with van der Waals surface area (Å²) in [5.41, 5.74) is 23.7. The van der Waals surface area contributed by atoms with E-state index in [0.717, 1.165) is 11.4 Å². The van der Waals surface area contributed by atoms with Gasteiger partial charge in [-0.2, -0.15) is 0 Å². The van der Waals surface area contributed by atoms with Crippen molar-refractivity contribution in [2.24, 2.45) is 0 Å². The number of benzene rings is 3. The summed E-state index contributed by atoms with van der Waals surface area (Å²) in [4.78, 5) is 0. The van der Waals surface area contributed by atoms with Crippen molar-refractivity contribution in [2.75, 3.05) is 11.5 Å². The molecule has 3 aromatic rings. The van der Waals surface area contributed by atoms with Crippen molar-refractivity contribution >= 4 is 11.4 Å². The summed E-state index contributed by atoms with van der Waals surface area (Å²) >= 11 is 0. The van der Waals surface area contributed by atoms with Crippen LogP contribution in [0.2, 0.25) is 0 Å². The normalized spacial score (nSPS) is 12.4. The molecule has 0 heterocycles. The number of anilines is 2. The Morgan fingerprint density at radius 3 is 1.06 bits per heavy atom. The highest BCUT2D eigenvalue weighted by Crippen LogP contribution is 2.45. The Morgan fingerprint density at radius 1 is 0.500 bits per heavy atom. The minimum atomic E-state index is -0.344. The van der Waals surface area contributed by atoms with Crippen LogP contribution < -0.4 is 11.5 Å². The largest absolute Gasteiger partial charge is 0.398 e. The molecule has 0 radical (unpaired) electrons. The van der Waals surface area contributed by atoms with Gasteiger partial charge in [-0.05, 0) is 69.5 Å². The number of hydrogen-bond acceptors (Lipinski definition) is 2. The fourth-order valence-corrected chi connectivity index (χ4v) is 5.16. The van der Waals surface area contributed by atoms with Gasteiger partial charge in [-0.3, -0.25) is 0 Å². The first-order valence-corrected chi connectivity index (χ1v) is 12.8. The standard InChI is InChI=1S/C32H44N2/c1-19(2)26-15-24(16-27(20(3)4)30(26)33)32(9,23-13-11-10-12-14-23)25-17-28(21(5)6)31(34)29(18-25)22(7)8/h10-22H,33-34H2,1-9H3. The minimum absolute atomic E-state index is 0.344. The third-order valence-electron chi connectivity index (χ3n) is 7.48. The van der Waals surface area contributed by atoms with E-state index >= 15 is 0 Å². The molecule has 0 bridgehead atoms. The van der Waals surface area contributed by atoms with Crippen LogP contribution in [0.4, 0.5) is 11.4 Å².